The molecule has 2 heterocycles. The van der Waals surface area contributed by atoms with Gasteiger partial charge in [0.1, 0.15) is 29.1 Å². The molecule has 2 aromatic rings. The Labute approximate surface area is 194 Å². The Morgan fingerprint density at radius 3 is 2.41 bits per heavy atom. The molecule has 0 N–H and O–H groups in total. The highest BCUT2D eigenvalue weighted by Crippen LogP contribution is 2.40. The van der Waals surface area contributed by atoms with Crippen LogP contribution in [0.25, 0.3) is 0 Å². The van der Waals surface area contributed by atoms with Crippen LogP contribution in [0.2, 0.25) is 0 Å². The van der Waals surface area contributed by atoms with Gasteiger partial charge in [-0.2, -0.15) is 10.5 Å². The molecule has 1 aromatic heterocycles. The molecule has 1 aliphatic rings. The Balaban J connectivity index is 1.42. The van der Waals surface area contributed by atoms with Crippen molar-refractivity contribution in [3.8, 4) is 17.9 Å². The van der Waals surface area contributed by atoms with Crippen LogP contribution in [0.15, 0.2) is 36.4 Å². The van der Waals surface area contributed by atoms with Crippen molar-refractivity contribution in [3.63, 3.8) is 0 Å². The Morgan fingerprint density at radius 1 is 1.09 bits per heavy atom. The fraction of sp³-hybridized carbons (Fsp3) is 0.520. The van der Waals surface area contributed by atoms with Crippen molar-refractivity contribution in [2.24, 2.45) is 5.92 Å². The lowest BCUT2D eigenvalue weighted by Crippen LogP contribution is -2.47. The number of nitriles is 2. The summed E-state index contributed by atoms with van der Waals surface area (Å²) < 4.78 is 18.9. The standard InChI is InChI=1S/C25H31FN4OS/c1-20(2)25(19-28,24-8-7-23(18-27)32-24)9-4-10-29-11-13-30(14-12-29)15-16-31-22-6-3-5-21(26)17-22/h3,5-8,17,20H,4,9-16H2,1-2H3. The zero-order valence-corrected chi connectivity index (χ0v) is 19.7. The predicted octanol–water partition coefficient (Wildman–Crippen LogP) is 4.65. The summed E-state index contributed by atoms with van der Waals surface area (Å²) in [6.07, 6.45) is 1.75. The van der Waals surface area contributed by atoms with Crippen LogP contribution in [0, 0.1) is 34.4 Å². The van der Waals surface area contributed by atoms with Crippen molar-refractivity contribution >= 4 is 11.3 Å². The topological polar surface area (TPSA) is 63.3 Å². The monoisotopic (exact) mass is 454 g/mol. The van der Waals surface area contributed by atoms with Crippen LogP contribution in [0.5, 0.6) is 5.75 Å². The van der Waals surface area contributed by atoms with Crippen LogP contribution >= 0.6 is 11.3 Å². The number of thiophene rings is 1. The summed E-state index contributed by atoms with van der Waals surface area (Å²) in [5.74, 6) is 0.480. The summed E-state index contributed by atoms with van der Waals surface area (Å²) >= 11 is 1.45. The van der Waals surface area contributed by atoms with Crippen LogP contribution in [-0.4, -0.2) is 55.7 Å². The van der Waals surface area contributed by atoms with Gasteiger partial charge in [-0.3, -0.25) is 4.90 Å². The summed E-state index contributed by atoms with van der Waals surface area (Å²) in [7, 11) is 0. The van der Waals surface area contributed by atoms with Gasteiger partial charge in [-0.15, -0.1) is 11.3 Å². The number of hydrogen-bond acceptors (Lipinski definition) is 6. The lowest BCUT2D eigenvalue weighted by Gasteiger charge is -2.35. The Bertz CT molecular complexity index is 955. The molecule has 1 atom stereocenters. The van der Waals surface area contributed by atoms with E-state index in [2.05, 4.69) is 35.8 Å². The number of halogens is 1. The van der Waals surface area contributed by atoms with E-state index in [4.69, 9.17) is 10.00 Å². The van der Waals surface area contributed by atoms with Gasteiger partial charge in [0.05, 0.1) is 11.5 Å². The molecule has 0 radical (unpaired) electrons. The van der Waals surface area contributed by atoms with Crippen molar-refractivity contribution in [3.05, 3.63) is 52.0 Å². The number of piperazine rings is 1. The van der Waals surface area contributed by atoms with Gasteiger partial charge in [0, 0.05) is 43.7 Å². The van der Waals surface area contributed by atoms with E-state index in [1.165, 1.54) is 23.5 Å². The first-order valence-corrected chi connectivity index (χ1v) is 12.0. The number of nitrogens with zero attached hydrogens (tertiary/aromatic N) is 4. The molecule has 0 aliphatic carbocycles. The van der Waals surface area contributed by atoms with Gasteiger partial charge >= 0.3 is 0 Å². The maximum absolute atomic E-state index is 13.2. The number of rotatable bonds is 10. The summed E-state index contributed by atoms with van der Waals surface area (Å²) in [5, 5.41) is 19.2. The second-order valence-electron chi connectivity index (χ2n) is 8.61. The smallest absolute Gasteiger partial charge is 0.126 e. The van der Waals surface area contributed by atoms with Crippen molar-refractivity contribution in [1.82, 2.24) is 9.80 Å². The molecule has 0 bridgehead atoms. The summed E-state index contributed by atoms with van der Waals surface area (Å²) in [6, 6.07) is 14.8. The van der Waals surface area contributed by atoms with Gasteiger partial charge in [-0.1, -0.05) is 19.9 Å². The highest BCUT2D eigenvalue weighted by Gasteiger charge is 2.37. The van der Waals surface area contributed by atoms with E-state index >= 15 is 0 Å². The zero-order valence-electron chi connectivity index (χ0n) is 18.9. The van der Waals surface area contributed by atoms with Crippen molar-refractivity contribution in [2.75, 3.05) is 45.9 Å². The third-order valence-electron chi connectivity index (χ3n) is 6.32. The molecule has 0 amide bonds. The molecule has 7 heteroatoms. The molecule has 1 aliphatic heterocycles. The lowest BCUT2D eigenvalue weighted by atomic mass is 9.73. The minimum Gasteiger partial charge on any atom is -0.492 e. The molecule has 0 spiro atoms. The normalized spacial score (nSPS) is 16.9. The van der Waals surface area contributed by atoms with Crippen molar-refractivity contribution in [2.45, 2.75) is 32.1 Å². The molecule has 1 unspecified atom stereocenters. The second-order valence-corrected chi connectivity index (χ2v) is 9.69. The molecule has 32 heavy (non-hydrogen) atoms. The van der Waals surface area contributed by atoms with Gasteiger partial charge < -0.3 is 9.64 Å². The van der Waals surface area contributed by atoms with Gasteiger partial charge in [-0.05, 0) is 49.6 Å². The van der Waals surface area contributed by atoms with Crippen molar-refractivity contribution < 1.29 is 9.13 Å². The summed E-state index contributed by atoms with van der Waals surface area (Å²) in [6.45, 7) is 10.5. The van der Waals surface area contributed by atoms with E-state index in [0.717, 1.165) is 57.0 Å². The van der Waals surface area contributed by atoms with E-state index in [1.807, 2.05) is 12.1 Å². The largest absolute Gasteiger partial charge is 0.492 e. The maximum Gasteiger partial charge on any atom is 0.126 e. The first-order valence-electron chi connectivity index (χ1n) is 11.2. The molecular formula is C25H31FN4OS. The van der Waals surface area contributed by atoms with Crippen LogP contribution in [0.1, 0.15) is 36.4 Å². The van der Waals surface area contributed by atoms with Crippen LogP contribution in [0.3, 0.4) is 0 Å². The molecule has 1 aromatic carbocycles. The van der Waals surface area contributed by atoms with E-state index in [0.29, 0.717) is 17.2 Å². The fourth-order valence-electron chi connectivity index (χ4n) is 4.24. The van der Waals surface area contributed by atoms with Gasteiger partial charge in [0.25, 0.3) is 0 Å². The highest BCUT2D eigenvalue weighted by atomic mass is 32.1. The quantitative estimate of drug-likeness (QED) is 0.523. The van der Waals surface area contributed by atoms with Crippen LogP contribution < -0.4 is 4.74 Å². The van der Waals surface area contributed by atoms with Crippen LogP contribution in [0.4, 0.5) is 4.39 Å². The third-order valence-corrected chi connectivity index (χ3v) is 7.49. The van der Waals surface area contributed by atoms with E-state index in [1.54, 1.807) is 12.1 Å². The van der Waals surface area contributed by atoms with Crippen molar-refractivity contribution in [1.29, 1.82) is 10.5 Å². The Hall–Kier alpha value is -2.45. The predicted molar refractivity (Wildman–Crippen MR) is 125 cm³/mol. The average Bonchev–Trinajstić information content (AvgIpc) is 3.27. The molecule has 1 saturated heterocycles. The minimum absolute atomic E-state index is 0.188. The van der Waals surface area contributed by atoms with E-state index < -0.39 is 5.41 Å². The number of benzene rings is 1. The molecule has 3 rings (SSSR count). The second kappa shape index (κ2) is 11.4. The SMILES string of the molecule is CC(C)C(C#N)(CCCN1CCN(CCOc2cccc(F)c2)CC1)c1ccc(C#N)s1. The Kier molecular flexibility index (Phi) is 8.64. The zero-order chi connectivity index (χ0) is 23.0. The molecular weight excluding hydrogens is 423 g/mol. The van der Waals surface area contributed by atoms with Gasteiger partial charge in [0.15, 0.2) is 0 Å². The van der Waals surface area contributed by atoms with Gasteiger partial charge in [0.2, 0.25) is 0 Å². The number of hydrogen-bond donors (Lipinski definition) is 0. The minimum atomic E-state index is -0.532. The molecule has 0 saturated carbocycles. The molecule has 1 fully saturated rings. The summed E-state index contributed by atoms with van der Waals surface area (Å²) in [5.41, 5.74) is -0.532. The van der Waals surface area contributed by atoms with E-state index in [9.17, 15) is 9.65 Å². The first kappa shape index (κ1) is 24.2. The first-order chi connectivity index (χ1) is 15.5. The number of ether oxygens (including phenoxy) is 1. The lowest BCUT2D eigenvalue weighted by molar-refractivity contribution is 0.114. The average molecular weight is 455 g/mol. The molecule has 5 nitrogen and oxygen atoms in total. The van der Waals surface area contributed by atoms with Gasteiger partial charge in [-0.25, -0.2) is 4.39 Å². The fourth-order valence-corrected chi connectivity index (χ4v) is 5.36. The maximum atomic E-state index is 13.2. The van der Waals surface area contributed by atoms with E-state index in [-0.39, 0.29) is 11.7 Å². The molecule has 170 valence electrons. The summed E-state index contributed by atoms with van der Waals surface area (Å²) in [4.78, 5) is 6.51. The Morgan fingerprint density at radius 2 is 1.81 bits per heavy atom. The third kappa shape index (κ3) is 6.07. The van der Waals surface area contributed by atoms with Crippen LogP contribution in [-0.2, 0) is 5.41 Å². The highest BCUT2D eigenvalue weighted by molar-refractivity contribution is 7.12.